The molecule has 1 aromatic heterocycles. The SMILES string of the molecule is NC[C@@H]1[C@H]2CCN3C([C@H](O)c4ccnc5ccccc45)CC123. The highest BCUT2D eigenvalue weighted by Gasteiger charge is 2.76. The van der Waals surface area contributed by atoms with Crippen molar-refractivity contribution in [3.05, 3.63) is 42.1 Å². The lowest BCUT2D eigenvalue weighted by Gasteiger charge is -2.51. The van der Waals surface area contributed by atoms with Crippen LogP contribution < -0.4 is 5.73 Å². The minimum absolute atomic E-state index is 0.243. The number of aliphatic hydroxyl groups excluding tert-OH is 1. The Morgan fingerprint density at radius 1 is 1.36 bits per heavy atom. The zero-order valence-electron chi connectivity index (χ0n) is 12.5. The topological polar surface area (TPSA) is 62.4 Å². The van der Waals surface area contributed by atoms with Crippen LogP contribution in [0.4, 0.5) is 0 Å². The largest absolute Gasteiger partial charge is 0.387 e. The molecule has 2 unspecified atom stereocenters. The van der Waals surface area contributed by atoms with E-state index in [2.05, 4.69) is 16.0 Å². The van der Waals surface area contributed by atoms with E-state index in [1.165, 1.54) is 6.42 Å². The number of fused-ring (bicyclic) bond motifs is 1. The van der Waals surface area contributed by atoms with Crippen LogP contribution in [0.25, 0.3) is 10.9 Å². The Morgan fingerprint density at radius 2 is 2.23 bits per heavy atom. The number of aromatic nitrogens is 1. The first-order valence-corrected chi connectivity index (χ1v) is 8.26. The van der Waals surface area contributed by atoms with E-state index < -0.39 is 6.10 Å². The average molecular weight is 295 g/mol. The third-order valence-corrected chi connectivity index (χ3v) is 6.43. The van der Waals surface area contributed by atoms with Crippen LogP contribution in [0, 0.1) is 11.8 Å². The summed E-state index contributed by atoms with van der Waals surface area (Å²) in [4.78, 5) is 6.94. The maximum absolute atomic E-state index is 11.0. The zero-order valence-corrected chi connectivity index (χ0v) is 12.5. The molecule has 0 bridgehead atoms. The molecule has 1 aliphatic carbocycles. The van der Waals surface area contributed by atoms with Crippen molar-refractivity contribution in [3.8, 4) is 0 Å². The second-order valence-corrected chi connectivity index (χ2v) is 7.06. The van der Waals surface area contributed by atoms with E-state index >= 15 is 0 Å². The Labute approximate surface area is 129 Å². The van der Waals surface area contributed by atoms with Crippen LogP contribution in [0.2, 0.25) is 0 Å². The molecule has 0 amide bonds. The van der Waals surface area contributed by atoms with Gasteiger partial charge in [0, 0.05) is 23.2 Å². The first kappa shape index (κ1) is 13.0. The first-order valence-electron chi connectivity index (χ1n) is 8.26. The lowest BCUT2D eigenvalue weighted by molar-refractivity contribution is -0.0680. The number of hydrogen-bond donors (Lipinski definition) is 2. The molecule has 2 saturated heterocycles. The van der Waals surface area contributed by atoms with Crippen LogP contribution in [0.1, 0.15) is 24.5 Å². The molecule has 3 aliphatic rings. The number of piperidine rings is 1. The predicted molar refractivity (Wildman–Crippen MR) is 85.2 cm³/mol. The zero-order chi connectivity index (χ0) is 14.9. The predicted octanol–water partition coefficient (Wildman–Crippen LogP) is 1.69. The fraction of sp³-hybridized carbons (Fsp3) is 0.500. The summed E-state index contributed by atoms with van der Waals surface area (Å²) >= 11 is 0. The molecule has 4 nitrogen and oxygen atoms in total. The number of hydrogen-bond acceptors (Lipinski definition) is 4. The molecule has 4 heteroatoms. The van der Waals surface area contributed by atoms with Crippen LogP contribution in [0.15, 0.2) is 36.5 Å². The number of benzene rings is 1. The molecule has 22 heavy (non-hydrogen) atoms. The molecule has 0 radical (unpaired) electrons. The summed E-state index contributed by atoms with van der Waals surface area (Å²) in [5.74, 6) is 1.45. The number of pyridine rings is 1. The fourth-order valence-corrected chi connectivity index (χ4v) is 5.41. The first-order chi connectivity index (χ1) is 10.8. The molecule has 3 heterocycles. The molecule has 1 aromatic carbocycles. The molecular formula is C18H21N3O. The Hall–Kier alpha value is -1.49. The minimum Gasteiger partial charge on any atom is -0.387 e. The van der Waals surface area contributed by atoms with Crippen molar-refractivity contribution in [1.29, 1.82) is 0 Å². The maximum atomic E-state index is 11.0. The lowest BCUT2D eigenvalue weighted by Crippen LogP contribution is -2.60. The van der Waals surface area contributed by atoms with Crippen molar-refractivity contribution in [1.82, 2.24) is 9.88 Å². The summed E-state index contributed by atoms with van der Waals surface area (Å²) < 4.78 is 0. The van der Waals surface area contributed by atoms with E-state index in [1.807, 2.05) is 30.5 Å². The molecule has 2 aromatic rings. The summed E-state index contributed by atoms with van der Waals surface area (Å²) in [5, 5.41) is 12.0. The number of rotatable bonds is 3. The normalized spacial score (nSPS) is 37.5. The van der Waals surface area contributed by atoms with Gasteiger partial charge >= 0.3 is 0 Å². The van der Waals surface area contributed by atoms with Gasteiger partial charge < -0.3 is 10.8 Å². The van der Waals surface area contributed by atoms with Gasteiger partial charge in [-0.2, -0.15) is 0 Å². The van der Waals surface area contributed by atoms with Gasteiger partial charge in [-0.1, -0.05) is 18.2 Å². The highest BCUT2D eigenvalue weighted by molar-refractivity contribution is 5.82. The molecule has 3 N–H and O–H groups in total. The second kappa shape index (κ2) is 4.28. The fourth-order valence-electron chi connectivity index (χ4n) is 5.41. The van der Waals surface area contributed by atoms with Gasteiger partial charge in [-0.3, -0.25) is 9.88 Å². The summed E-state index contributed by atoms with van der Waals surface area (Å²) in [7, 11) is 0. The molecule has 114 valence electrons. The molecule has 1 saturated carbocycles. The Balaban J connectivity index is 1.47. The molecule has 5 rings (SSSR count). The van der Waals surface area contributed by atoms with Crippen LogP contribution in [-0.4, -0.2) is 39.7 Å². The van der Waals surface area contributed by atoms with Gasteiger partial charge in [-0.15, -0.1) is 0 Å². The van der Waals surface area contributed by atoms with Gasteiger partial charge in [-0.05, 0) is 55.5 Å². The van der Waals surface area contributed by atoms with Crippen molar-refractivity contribution < 1.29 is 5.11 Å². The third kappa shape index (κ3) is 1.41. The molecular weight excluding hydrogens is 274 g/mol. The van der Waals surface area contributed by atoms with E-state index in [-0.39, 0.29) is 6.04 Å². The van der Waals surface area contributed by atoms with Crippen LogP contribution in [0.5, 0.6) is 0 Å². The summed E-state index contributed by atoms with van der Waals surface area (Å²) in [6.07, 6.45) is 3.72. The lowest BCUT2D eigenvalue weighted by atomic mass is 9.82. The molecule has 5 atom stereocenters. The van der Waals surface area contributed by atoms with Crippen LogP contribution >= 0.6 is 0 Å². The van der Waals surface area contributed by atoms with Gasteiger partial charge in [0.15, 0.2) is 0 Å². The summed E-state index contributed by atoms with van der Waals surface area (Å²) in [6.45, 7) is 1.91. The van der Waals surface area contributed by atoms with E-state index in [1.54, 1.807) is 0 Å². The number of aliphatic hydroxyl groups is 1. The Bertz CT molecular complexity index is 737. The number of nitrogens with zero attached hydrogens (tertiary/aromatic N) is 2. The summed E-state index contributed by atoms with van der Waals surface area (Å²) in [6, 6.07) is 10.3. The van der Waals surface area contributed by atoms with Crippen molar-refractivity contribution in [2.24, 2.45) is 17.6 Å². The van der Waals surface area contributed by atoms with Gasteiger partial charge in [0.1, 0.15) is 0 Å². The maximum Gasteiger partial charge on any atom is 0.0953 e. The quantitative estimate of drug-likeness (QED) is 0.904. The standard InChI is InChI=1S/C18H21N3O/c19-10-14-13-6-8-21-16(9-18(13,14)21)17(22)12-5-7-20-15-4-2-1-3-11(12)15/h1-5,7,13-14,16-17,22H,6,8-10,19H2/t13-,14-,16?,17-,18?/m1/s1. The molecule has 3 fully saturated rings. The van der Waals surface area contributed by atoms with E-state index in [0.29, 0.717) is 11.5 Å². The Morgan fingerprint density at radius 3 is 3.05 bits per heavy atom. The highest BCUT2D eigenvalue weighted by Crippen LogP contribution is 2.70. The van der Waals surface area contributed by atoms with Gasteiger partial charge in [0.05, 0.1) is 11.6 Å². The molecule has 2 aliphatic heterocycles. The van der Waals surface area contributed by atoms with Gasteiger partial charge in [0.2, 0.25) is 0 Å². The van der Waals surface area contributed by atoms with Gasteiger partial charge in [-0.25, -0.2) is 0 Å². The van der Waals surface area contributed by atoms with Crippen LogP contribution in [-0.2, 0) is 0 Å². The highest BCUT2D eigenvalue weighted by atomic mass is 16.3. The van der Waals surface area contributed by atoms with E-state index in [0.717, 1.165) is 41.9 Å². The molecule has 1 spiro atoms. The van der Waals surface area contributed by atoms with Gasteiger partial charge in [0.25, 0.3) is 0 Å². The monoisotopic (exact) mass is 295 g/mol. The second-order valence-electron chi connectivity index (χ2n) is 7.06. The average Bonchev–Trinajstić information content (AvgIpc) is 3.12. The minimum atomic E-state index is -0.434. The van der Waals surface area contributed by atoms with Crippen molar-refractivity contribution in [2.75, 3.05) is 13.1 Å². The van der Waals surface area contributed by atoms with Crippen molar-refractivity contribution in [2.45, 2.75) is 30.5 Å². The van der Waals surface area contributed by atoms with E-state index in [9.17, 15) is 5.11 Å². The number of para-hydroxylation sites is 1. The van der Waals surface area contributed by atoms with Crippen LogP contribution in [0.3, 0.4) is 0 Å². The van der Waals surface area contributed by atoms with E-state index in [4.69, 9.17) is 5.73 Å². The third-order valence-electron chi connectivity index (χ3n) is 6.43. The Kier molecular flexibility index (Phi) is 2.53. The van der Waals surface area contributed by atoms with Crippen molar-refractivity contribution in [3.63, 3.8) is 0 Å². The smallest absolute Gasteiger partial charge is 0.0953 e. The van der Waals surface area contributed by atoms with Crippen molar-refractivity contribution >= 4 is 10.9 Å². The number of nitrogens with two attached hydrogens (primary N) is 1. The summed E-state index contributed by atoms with van der Waals surface area (Å²) in [5.41, 5.74) is 8.24.